The number of allylic oxidation sites excluding steroid dienone is 1. The minimum absolute atomic E-state index is 0.0259. The van der Waals surface area contributed by atoms with Crippen LogP contribution < -0.4 is 0 Å². The molecule has 3 rings (SSSR count). The molecule has 1 aromatic rings. The molecule has 0 aromatic heterocycles. The molecule has 0 unspecified atom stereocenters. The SMILES string of the molecule is Cc1ccc(S(=O)(=O)N2CC[C@@]3(O)C=CC(=O)C[C@@H]23)cc1. The molecule has 6 heteroatoms. The van der Waals surface area contributed by atoms with Gasteiger partial charge in [-0.05, 0) is 37.6 Å². The third-order valence-corrected chi connectivity index (χ3v) is 6.16. The minimum Gasteiger partial charge on any atom is -0.384 e. The number of fused-ring (bicyclic) bond motifs is 1. The molecular weight excluding hydrogens is 290 g/mol. The maximum atomic E-state index is 12.7. The van der Waals surface area contributed by atoms with Crippen molar-refractivity contribution in [3.05, 3.63) is 42.0 Å². The first-order chi connectivity index (χ1) is 9.83. The molecule has 1 saturated heterocycles. The average Bonchev–Trinajstić information content (AvgIpc) is 2.77. The van der Waals surface area contributed by atoms with Gasteiger partial charge in [0, 0.05) is 13.0 Å². The Kier molecular flexibility index (Phi) is 3.27. The Bertz CT molecular complexity index is 708. The fourth-order valence-corrected chi connectivity index (χ4v) is 4.64. The monoisotopic (exact) mass is 307 g/mol. The molecule has 2 atom stereocenters. The second kappa shape index (κ2) is 4.76. The van der Waals surface area contributed by atoms with Crippen LogP contribution in [0.2, 0.25) is 0 Å². The maximum absolute atomic E-state index is 12.7. The molecule has 21 heavy (non-hydrogen) atoms. The highest BCUT2D eigenvalue weighted by atomic mass is 32.2. The molecular formula is C15H17NO4S. The molecule has 1 aliphatic carbocycles. The molecule has 0 radical (unpaired) electrons. The van der Waals surface area contributed by atoms with E-state index in [9.17, 15) is 18.3 Å². The van der Waals surface area contributed by atoms with E-state index in [1.54, 1.807) is 24.3 Å². The molecule has 1 heterocycles. The molecule has 0 spiro atoms. The predicted molar refractivity (Wildman–Crippen MR) is 77.2 cm³/mol. The molecule has 1 N–H and O–H groups in total. The summed E-state index contributed by atoms with van der Waals surface area (Å²) in [7, 11) is -3.70. The zero-order valence-electron chi connectivity index (χ0n) is 11.7. The highest BCUT2D eigenvalue weighted by Gasteiger charge is 2.51. The first-order valence-corrected chi connectivity index (χ1v) is 8.30. The van der Waals surface area contributed by atoms with E-state index in [1.807, 2.05) is 6.92 Å². The lowest BCUT2D eigenvalue weighted by atomic mass is 9.86. The number of carbonyl (C=O) groups is 1. The number of hydrogen-bond donors (Lipinski definition) is 1. The Balaban J connectivity index is 1.99. The van der Waals surface area contributed by atoms with E-state index in [1.165, 1.54) is 16.5 Å². The van der Waals surface area contributed by atoms with Gasteiger partial charge < -0.3 is 5.11 Å². The third-order valence-electron chi connectivity index (χ3n) is 4.24. The van der Waals surface area contributed by atoms with Crippen LogP contribution in [-0.2, 0) is 14.8 Å². The van der Waals surface area contributed by atoms with Crippen molar-refractivity contribution in [3.8, 4) is 0 Å². The number of benzene rings is 1. The van der Waals surface area contributed by atoms with Crippen LogP contribution in [-0.4, -0.2) is 41.8 Å². The second-order valence-corrected chi connectivity index (χ2v) is 7.58. The third kappa shape index (κ3) is 2.33. The van der Waals surface area contributed by atoms with Crippen molar-refractivity contribution in [2.75, 3.05) is 6.54 Å². The highest BCUT2D eigenvalue weighted by Crippen LogP contribution is 2.38. The molecule has 1 aliphatic heterocycles. The Labute approximate surface area is 123 Å². The maximum Gasteiger partial charge on any atom is 0.243 e. The van der Waals surface area contributed by atoms with Gasteiger partial charge >= 0.3 is 0 Å². The fourth-order valence-electron chi connectivity index (χ4n) is 2.96. The van der Waals surface area contributed by atoms with Crippen LogP contribution >= 0.6 is 0 Å². The van der Waals surface area contributed by atoms with E-state index in [0.29, 0.717) is 6.42 Å². The van der Waals surface area contributed by atoms with Gasteiger partial charge in [0.1, 0.15) is 5.60 Å². The highest BCUT2D eigenvalue weighted by molar-refractivity contribution is 7.89. The molecule has 0 bridgehead atoms. The van der Waals surface area contributed by atoms with Gasteiger partial charge in [0.15, 0.2) is 5.78 Å². The number of nitrogens with zero attached hydrogens (tertiary/aromatic N) is 1. The molecule has 0 amide bonds. The van der Waals surface area contributed by atoms with Gasteiger partial charge in [-0.3, -0.25) is 4.79 Å². The lowest BCUT2D eigenvalue weighted by molar-refractivity contribution is -0.117. The zero-order chi connectivity index (χ0) is 15.3. The standard InChI is InChI=1S/C15H17NO4S/c1-11-2-4-13(5-3-11)21(19,20)16-9-8-15(18)7-6-12(17)10-14(15)16/h2-7,14,18H,8-10H2,1H3/t14-,15+/m1/s1. The summed E-state index contributed by atoms with van der Waals surface area (Å²) in [6.07, 6.45) is 3.12. The van der Waals surface area contributed by atoms with Gasteiger partial charge in [-0.2, -0.15) is 4.31 Å². The van der Waals surface area contributed by atoms with Crippen LogP contribution in [0.4, 0.5) is 0 Å². The van der Waals surface area contributed by atoms with Crippen molar-refractivity contribution in [3.63, 3.8) is 0 Å². The van der Waals surface area contributed by atoms with Gasteiger partial charge in [-0.15, -0.1) is 0 Å². The number of sulfonamides is 1. The molecule has 1 fully saturated rings. The Hall–Kier alpha value is -1.50. The van der Waals surface area contributed by atoms with E-state index >= 15 is 0 Å². The Morgan fingerprint density at radius 2 is 1.95 bits per heavy atom. The lowest BCUT2D eigenvalue weighted by Gasteiger charge is -2.33. The van der Waals surface area contributed by atoms with Crippen LogP contribution in [0.25, 0.3) is 0 Å². The summed E-state index contributed by atoms with van der Waals surface area (Å²) < 4.78 is 26.7. The second-order valence-electron chi connectivity index (χ2n) is 5.69. The van der Waals surface area contributed by atoms with E-state index in [-0.39, 0.29) is 23.6 Å². The Morgan fingerprint density at radius 1 is 1.29 bits per heavy atom. The van der Waals surface area contributed by atoms with Crippen LogP contribution in [0.3, 0.4) is 0 Å². The van der Waals surface area contributed by atoms with Crippen molar-refractivity contribution in [2.45, 2.75) is 36.3 Å². The number of aryl methyl sites for hydroxylation is 1. The normalized spacial score (nSPS) is 29.6. The van der Waals surface area contributed by atoms with Crippen LogP contribution in [0.1, 0.15) is 18.4 Å². The van der Waals surface area contributed by atoms with Gasteiger partial charge in [0.2, 0.25) is 10.0 Å². The first kappa shape index (κ1) is 14.4. The number of carbonyl (C=O) groups excluding carboxylic acids is 1. The topological polar surface area (TPSA) is 74.7 Å². The average molecular weight is 307 g/mol. The van der Waals surface area contributed by atoms with E-state index in [4.69, 9.17) is 0 Å². The largest absolute Gasteiger partial charge is 0.384 e. The van der Waals surface area contributed by atoms with Crippen molar-refractivity contribution < 1.29 is 18.3 Å². The summed E-state index contributed by atoms with van der Waals surface area (Å²) in [5.41, 5.74) is -0.256. The summed E-state index contributed by atoms with van der Waals surface area (Å²) in [5, 5.41) is 10.5. The minimum atomic E-state index is -3.70. The Morgan fingerprint density at radius 3 is 2.62 bits per heavy atom. The van der Waals surface area contributed by atoms with Crippen LogP contribution in [0, 0.1) is 6.92 Å². The fraction of sp³-hybridized carbons (Fsp3) is 0.400. The van der Waals surface area contributed by atoms with E-state index in [0.717, 1.165) is 5.56 Å². The first-order valence-electron chi connectivity index (χ1n) is 6.86. The van der Waals surface area contributed by atoms with Gasteiger partial charge in [0.05, 0.1) is 10.9 Å². The van der Waals surface area contributed by atoms with Crippen molar-refractivity contribution in [1.29, 1.82) is 0 Å². The van der Waals surface area contributed by atoms with Crippen molar-refractivity contribution in [1.82, 2.24) is 4.31 Å². The van der Waals surface area contributed by atoms with E-state index in [2.05, 4.69) is 0 Å². The quantitative estimate of drug-likeness (QED) is 0.885. The van der Waals surface area contributed by atoms with Crippen molar-refractivity contribution in [2.24, 2.45) is 0 Å². The number of aliphatic hydroxyl groups is 1. The summed E-state index contributed by atoms with van der Waals surface area (Å²) in [6, 6.07) is 5.88. The number of rotatable bonds is 2. The predicted octanol–water partition coefficient (Wildman–Crippen LogP) is 1.02. The summed E-state index contributed by atoms with van der Waals surface area (Å²) in [5.74, 6) is -0.157. The summed E-state index contributed by atoms with van der Waals surface area (Å²) >= 11 is 0. The van der Waals surface area contributed by atoms with Crippen molar-refractivity contribution >= 4 is 15.8 Å². The molecule has 2 aliphatic rings. The molecule has 5 nitrogen and oxygen atoms in total. The van der Waals surface area contributed by atoms with Crippen LogP contribution in [0.15, 0.2) is 41.3 Å². The zero-order valence-corrected chi connectivity index (χ0v) is 12.5. The summed E-state index contributed by atoms with van der Waals surface area (Å²) in [6.45, 7) is 2.10. The van der Waals surface area contributed by atoms with Gasteiger partial charge in [-0.25, -0.2) is 8.42 Å². The van der Waals surface area contributed by atoms with E-state index < -0.39 is 21.7 Å². The smallest absolute Gasteiger partial charge is 0.243 e. The van der Waals surface area contributed by atoms with Crippen LogP contribution in [0.5, 0.6) is 0 Å². The summed E-state index contributed by atoms with van der Waals surface area (Å²) in [4.78, 5) is 11.8. The molecule has 1 aromatic carbocycles. The number of hydrogen-bond acceptors (Lipinski definition) is 4. The molecule has 112 valence electrons. The van der Waals surface area contributed by atoms with Gasteiger partial charge in [-0.1, -0.05) is 17.7 Å². The lowest BCUT2D eigenvalue weighted by Crippen LogP contribution is -2.48. The van der Waals surface area contributed by atoms with Gasteiger partial charge in [0.25, 0.3) is 0 Å². The molecule has 0 saturated carbocycles. The number of ketones is 1.